The molecule has 0 saturated carbocycles. The SMILES string of the molecule is OCCCCNc1ccsc1. The quantitative estimate of drug-likeness (QED) is 0.663. The molecule has 2 nitrogen and oxygen atoms in total. The van der Waals surface area contributed by atoms with E-state index in [1.165, 1.54) is 5.69 Å². The lowest BCUT2D eigenvalue weighted by Crippen LogP contribution is -2.00. The number of aliphatic hydroxyl groups is 1. The third-order valence-electron chi connectivity index (χ3n) is 1.44. The van der Waals surface area contributed by atoms with Crippen LogP contribution in [0.25, 0.3) is 0 Å². The van der Waals surface area contributed by atoms with Gasteiger partial charge in [-0.1, -0.05) is 0 Å². The highest BCUT2D eigenvalue weighted by atomic mass is 32.1. The molecule has 0 aliphatic rings. The van der Waals surface area contributed by atoms with Crippen LogP contribution < -0.4 is 5.32 Å². The molecular weight excluding hydrogens is 158 g/mol. The molecule has 0 radical (unpaired) electrons. The molecule has 1 aromatic rings. The Morgan fingerprint density at radius 2 is 2.36 bits per heavy atom. The Kier molecular flexibility index (Phi) is 4.01. The maximum absolute atomic E-state index is 8.50. The van der Waals surface area contributed by atoms with Gasteiger partial charge in [-0.2, -0.15) is 11.3 Å². The highest BCUT2D eigenvalue weighted by Crippen LogP contribution is 2.11. The molecule has 0 aliphatic heterocycles. The second-order valence-corrected chi connectivity index (χ2v) is 3.15. The molecule has 0 bridgehead atoms. The molecule has 1 heterocycles. The first-order valence-corrected chi connectivity index (χ1v) is 4.74. The summed E-state index contributed by atoms with van der Waals surface area (Å²) in [5.41, 5.74) is 1.19. The van der Waals surface area contributed by atoms with Gasteiger partial charge in [-0.15, -0.1) is 0 Å². The Balaban J connectivity index is 2.04. The maximum atomic E-state index is 8.50. The summed E-state index contributed by atoms with van der Waals surface area (Å²) < 4.78 is 0. The average Bonchev–Trinajstić information content (AvgIpc) is 2.50. The molecular formula is C8H13NOS. The van der Waals surface area contributed by atoms with Gasteiger partial charge in [0.2, 0.25) is 0 Å². The number of aliphatic hydroxyl groups excluding tert-OH is 1. The first kappa shape index (κ1) is 8.56. The fraction of sp³-hybridized carbons (Fsp3) is 0.500. The van der Waals surface area contributed by atoms with Crippen LogP contribution in [0.2, 0.25) is 0 Å². The van der Waals surface area contributed by atoms with Crippen LogP contribution in [0.4, 0.5) is 5.69 Å². The van der Waals surface area contributed by atoms with E-state index in [2.05, 4.69) is 16.8 Å². The Labute approximate surface area is 70.9 Å². The van der Waals surface area contributed by atoms with Crippen molar-refractivity contribution in [3.63, 3.8) is 0 Å². The zero-order valence-corrected chi connectivity index (χ0v) is 7.23. The number of thiophene rings is 1. The Morgan fingerprint density at radius 3 is 3.00 bits per heavy atom. The molecule has 0 amide bonds. The van der Waals surface area contributed by atoms with Crippen molar-refractivity contribution in [1.82, 2.24) is 0 Å². The number of hydrogen-bond acceptors (Lipinski definition) is 3. The highest BCUT2D eigenvalue weighted by Gasteiger charge is 1.89. The average molecular weight is 171 g/mol. The molecule has 0 spiro atoms. The third-order valence-corrected chi connectivity index (χ3v) is 2.12. The van der Waals surface area contributed by atoms with Gasteiger partial charge in [0.1, 0.15) is 0 Å². The van der Waals surface area contributed by atoms with E-state index in [-0.39, 0.29) is 0 Å². The summed E-state index contributed by atoms with van der Waals surface area (Å²) in [7, 11) is 0. The standard InChI is InChI=1S/C8H13NOS/c10-5-2-1-4-9-8-3-6-11-7-8/h3,6-7,9-10H,1-2,4-5H2. The lowest BCUT2D eigenvalue weighted by Gasteiger charge is -2.01. The van der Waals surface area contributed by atoms with E-state index in [9.17, 15) is 0 Å². The van der Waals surface area contributed by atoms with E-state index in [0.29, 0.717) is 6.61 Å². The molecule has 1 aromatic heterocycles. The Hall–Kier alpha value is -0.540. The van der Waals surface area contributed by atoms with Crippen LogP contribution in [0, 0.1) is 0 Å². The molecule has 1 rings (SSSR count). The molecule has 2 N–H and O–H groups in total. The minimum atomic E-state index is 0.297. The number of hydrogen-bond donors (Lipinski definition) is 2. The van der Waals surface area contributed by atoms with E-state index in [4.69, 9.17) is 5.11 Å². The van der Waals surface area contributed by atoms with Crippen molar-refractivity contribution >= 4 is 17.0 Å². The highest BCUT2D eigenvalue weighted by molar-refractivity contribution is 7.08. The Bertz CT molecular complexity index is 174. The van der Waals surface area contributed by atoms with Crippen LogP contribution in [0.1, 0.15) is 12.8 Å². The predicted molar refractivity (Wildman–Crippen MR) is 49.1 cm³/mol. The number of unbranched alkanes of at least 4 members (excludes halogenated alkanes) is 1. The van der Waals surface area contributed by atoms with Crippen LogP contribution in [-0.2, 0) is 0 Å². The molecule has 0 atom stereocenters. The molecule has 0 fully saturated rings. The zero-order chi connectivity index (χ0) is 7.94. The van der Waals surface area contributed by atoms with Gasteiger partial charge in [0.25, 0.3) is 0 Å². The van der Waals surface area contributed by atoms with E-state index >= 15 is 0 Å². The van der Waals surface area contributed by atoms with Crippen LogP contribution in [-0.4, -0.2) is 18.3 Å². The largest absolute Gasteiger partial charge is 0.396 e. The van der Waals surface area contributed by atoms with Crippen molar-refractivity contribution in [1.29, 1.82) is 0 Å². The van der Waals surface area contributed by atoms with Gasteiger partial charge in [-0.05, 0) is 24.3 Å². The van der Waals surface area contributed by atoms with Gasteiger partial charge in [-0.3, -0.25) is 0 Å². The van der Waals surface area contributed by atoms with Crippen molar-refractivity contribution in [2.75, 3.05) is 18.5 Å². The van der Waals surface area contributed by atoms with E-state index < -0.39 is 0 Å². The summed E-state index contributed by atoms with van der Waals surface area (Å²) in [5, 5.41) is 15.9. The lowest BCUT2D eigenvalue weighted by atomic mass is 10.3. The first-order valence-electron chi connectivity index (χ1n) is 3.80. The van der Waals surface area contributed by atoms with E-state index in [1.807, 2.05) is 5.38 Å². The van der Waals surface area contributed by atoms with Gasteiger partial charge < -0.3 is 10.4 Å². The maximum Gasteiger partial charge on any atom is 0.0448 e. The monoisotopic (exact) mass is 171 g/mol. The van der Waals surface area contributed by atoms with Crippen LogP contribution >= 0.6 is 11.3 Å². The molecule has 0 aromatic carbocycles. The van der Waals surface area contributed by atoms with Crippen LogP contribution in [0.3, 0.4) is 0 Å². The minimum absolute atomic E-state index is 0.297. The zero-order valence-electron chi connectivity index (χ0n) is 6.42. The van der Waals surface area contributed by atoms with Gasteiger partial charge in [0.05, 0.1) is 0 Å². The summed E-state index contributed by atoms with van der Waals surface area (Å²) >= 11 is 1.69. The molecule has 0 aliphatic carbocycles. The summed E-state index contributed by atoms with van der Waals surface area (Å²) in [6.07, 6.45) is 1.92. The van der Waals surface area contributed by atoms with Crippen molar-refractivity contribution in [3.8, 4) is 0 Å². The van der Waals surface area contributed by atoms with Crippen molar-refractivity contribution in [3.05, 3.63) is 16.8 Å². The topological polar surface area (TPSA) is 32.3 Å². The lowest BCUT2D eigenvalue weighted by molar-refractivity contribution is 0.286. The molecule has 0 saturated heterocycles. The van der Waals surface area contributed by atoms with E-state index in [1.54, 1.807) is 11.3 Å². The fourth-order valence-corrected chi connectivity index (χ4v) is 1.45. The number of rotatable bonds is 5. The van der Waals surface area contributed by atoms with Crippen molar-refractivity contribution < 1.29 is 5.11 Å². The van der Waals surface area contributed by atoms with Gasteiger partial charge in [0, 0.05) is 24.2 Å². The van der Waals surface area contributed by atoms with Crippen molar-refractivity contribution in [2.24, 2.45) is 0 Å². The summed E-state index contributed by atoms with van der Waals surface area (Å²) in [6, 6.07) is 2.06. The summed E-state index contributed by atoms with van der Waals surface area (Å²) in [6.45, 7) is 1.25. The fourth-order valence-electron chi connectivity index (χ4n) is 0.835. The van der Waals surface area contributed by atoms with E-state index in [0.717, 1.165) is 19.4 Å². The molecule has 62 valence electrons. The Morgan fingerprint density at radius 1 is 1.45 bits per heavy atom. The summed E-state index contributed by atoms with van der Waals surface area (Å²) in [4.78, 5) is 0. The third kappa shape index (κ3) is 3.39. The van der Waals surface area contributed by atoms with Gasteiger partial charge in [-0.25, -0.2) is 0 Å². The molecule has 0 unspecified atom stereocenters. The smallest absolute Gasteiger partial charge is 0.0448 e. The second-order valence-electron chi connectivity index (χ2n) is 2.37. The van der Waals surface area contributed by atoms with Crippen LogP contribution in [0.5, 0.6) is 0 Å². The van der Waals surface area contributed by atoms with Crippen molar-refractivity contribution in [2.45, 2.75) is 12.8 Å². The van der Waals surface area contributed by atoms with Crippen LogP contribution in [0.15, 0.2) is 16.8 Å². The normalized spacial score (nSPS) is 9.91. The van der Waals surface area contributed by atoms with Gasteiger partial charge in [0.15, 0.2) is 0 Å². The first-order chi connectivity index (χ1) is 5.43. The number of nitrogens with one attached hydrogen (secondary N) is 1. The second kappa shape index (κ2) is 5.16. The predicted octanol–water partition coefficient (Wildman–Crippen LogP) is 1.93. The molecule has 3 heteroatoms. The molecule has 11 heavy (non-hydrogen) atoms. The summed E-state index contributed by atoms with van der Waals surface area (Å²) in [5.74, 6) is 0. The minimum Gasteiger partial charge on any atom is -0.396 e. The number of anilines is 1. The van der Waals surface area contributed by atoms with Gasteiger partial charge >= 0.3 is 0 Å².